The van der Waals surface area contributed by atoms with Crippen molar-refractivity contribution >= 4 is 28.3 Å². The highest BCUT2D eigenvalue weighted by molar-refractivity contribution is 7.18. The predicted molar refractivity (Wildman–Crippen MR) is 105 cm³/mol. The number of hydrogen-bond acceptors (Lipinski definition) is 7. The van der Waals surface area contributed by atoms with E-state index in [9.17, 15) is 4.79 Å². The fourth-order valence-corrected chi connectivity index (χ4v) is 3.56. The van der Waals surface area contributed by atoms with Gasteiger partial charge in [0.25, 0.3) is 0 Å². The molecule has 0 aliphatic carbocycles. The lowest BCUT2D eigenvalue weighted by Crippen LogP contribution is -2.28. The molecule has 27 heavy (non-hydrogen) atoms. The van der Waals surface area contributed by atoms with Crippen molar-refractivity contribution < 1.29 is 4.79 Å². The van der Waals surface area contributed by atoms with E-state index in [4.69, 9.17) is 0 Å². The molecule has 0 saturated carbocycles. The Morgan fingerprint density at radius 1 is 1.11 bits per heavy atom. The number of hydrogen-bond donors (Lipinski definition) is 2. The third-order valence-electron chi connectivity index (χ3n) is 4.22. The third kappa shape index (κ3) is 4.37. The highest BCUT2D eigenvalue weighted by Crippen LogP contribution is 2.24. The van der Waals surface area contributed by atoms with E-state index in [0.717, 1.165) is 30.2 Å². The summed E-state index contributed by atoms with van der Waals surface area (Å²) in [6, 6.07) is 9.23. The fourth-order valence-electron chi connectivity index (χ4n) is 2.84. The van der Waals surface area contributed by atoms with Crippen LogP contribution in [0.3, 0.4) is 0 Å². The molecule has 0 aromatic carbocycles. The Labute approximate surface area is 160 Å². The predicted octanol–water partition coefficient (Wildman–Crippen LogP) is 2.92. The second kappa shape index (κ2) is 8.09. The Hall–Kier alpha value is -3.07. The van der Waals surface area contributed by atoms with Crippen LogP contribution in [0.15, 0.2) is 42.7 Å². The number of pyridine rings is 2. The van der Waals surface area contributed by atoms with Crippen molar-refractivity contribution in [1.82, 2.24) is 25.5 Å². The molecular formula is C18H19N7OS. The van der Waals surface area contributed by atoms with E-state index in [1.807, 2.05) is 30.3 Å². The number of carbonyl (C=O) groups excluding carboxylic acids is 1. The van der Waals surface area contributed by atoms with Crippen molar-refractivity contribution in [3.05, 3.63) is 48.3 Å². The normalized spacial score (nSPS) is 13.6. The first-order valence-electron chi connectivity index (χ1n) is 8.77. The van der Waals surface area contributed by atoms with Gasteiger partial charge in [-0.1, -0.05) is 23.5 Å². The lowest BCUT2D eigenvalue weighted by atomic mass is 10.3. The molecule has 8 nitrogen and oxygen atoms in total. The highest BCUT2D eigenvalue weighted by Gasteiger charge is 2.13. The molecule has 4 rings (SSSR count). The molecule has 3 aromatic rings. The average molecular weight is 381 g/mol. The zero-order valence-corrected chi connectivity index (χ0v) is 15.4. The molecular weight excluding hydrogens is 362 g/mol. The summed E-state index contributed by atoms with van der Waals surface area (Å²) in [5.41, 5.74) is 1.67. The molecule has 0 spiro atoms. The fraction of sp³-hybridized carbons (Fsp3) is 0.278. The summed E-state index contributed by atoms with van der Waals surface area (Å²) < 4.78 is 0. The van der Waals surface area contributed by atoms with E-state index < -0.39 is 0 Å². The van der Waals surface area contributed by atoms with E-state index in [0.29, 0.717) is 16.7 Å². The van der Waals surface area contributed by atoms with Crippen LogP contribution >= 0.6 is 11.3 Å². The number of carbonyl (C=O) groups is 1. The van der Waals surface area contributed by atoms with Crippen molar-refractivity contribution in [3.63, 3.8) is 0 Å². The van der Waals surface area contributed by atoms with Crippen LogP contribution in [-0.4, -0.2) is 39.3 Å². The lowest BCUT2D eigenvalue weighted by molar-refractivity contribution is 0.251. The summed E-state index contributed by atoms with van der Waals surface area (Å²) in [6.07, 6.45) is 5.94. The molecule has 3 aromatic heterocycles. The van der Waals surface area contributed by atoms with Crippen LogP contribution in [0.4, 0.5) is 15.7 Å². The number of urea groups is 1. The molecule has 0 atom stereocenters. The molecule has 0 radical (unpaired) electrons. The molecule has 2 N–H and O–H groups in total. The molecule has 2 amide bonds. The SMILES string of the molecule is O=C(NCc1ccc(N2CCCC2)nc1)Nc1nnc(-c2ccccn2)s1. The Bertz CT molecular complexity index is 892. The van der Waals surface area contributed by atoms with Crippen molar-refractivity contribution in [3.8, 4) is 10.7 Å². The maximum atomic E-state index is 12.1. The largest absolute Gasteiger partial charge is 0.357 e. The highest BCUT2D eigenvalue weighted by atomic mass is 32.1. The van der Waals surface area contributed by atoms with Crippen molar-refractivity contribution in [2.45, 2.75) is 19.4 Å². The molecule has 1 aliphatic heterocycles. The number of aromatic nitrogens is 4. The quantitative estimate of drug-likeness (QED) is 0.705. The number of nitrogens with one attached hydrogen (secondary N) is 2. The van der Waals surface area contributed by atoms with Crippen LogP contribution < -0.4 is 15.5 Å². The monoisotopic (exact) mass is 381 g/mol. The van der Waals surface area contributed by atoms with Crippen LogP contribution in [0, 0.1) is 0 Å². The number of nitrogens with zero attached hydrogens (tertiary/aromatic N) is 5. The maximum absolute atomic E-state index is 12.1. The smallest absolute Gasteiger partial charge is 0.321 e. The Morgan fingerprint density at radius 2 is 2.00 bits per heavy atom. The Kier molecular flexibility index (Phi) is 5.20. The lowest BCUT2D eigenvalue weighted by Gasteiger charge is -2.16. The second-order valence-corrected chi connectivity index (χ2v) is 7.13. The summed E-state index contributed by atoms with van der Waals surface area (Å²) >= 11 is 1.28. The number of amides is 2. The Balaban J connectivity index is 1.29. The first-order valence-corrected chi connectivity index (χ1v) is 9.59. The first-order chi connectivity index (χ1) is 13.3. The van der Waals surface area contributed by atoms with Crippen LogP contribution in [0.2, 0.25) is 0 Å². The number of rotatable bonds is 5. The minimum atomic E-state index is -0.331. The van der Waals surface area contributed by atoms with Gasteiger partial charge in [-0.15, -0.1) is 10.2 Å². The molecule has 1 saturated heterocycles. The van der Waals surface area contributed by atoms with Crippen LogP contribution in [0.25, 0.3) is 10.7 Å². The molecule has 138 valence electrons. The standard InChI is InChI=1S/C18H19N7OS/c26-17(22-18-24-23-16(27-18)14-5-1-2-8-19-14)21-12-13-6-7-15(20-11-13)25-9-3-4-10-25/h1-2,5-8,11H,3-4,9-10,12H2,(H2,21,22,24,26). The molecule has 0 unspecified atom stereocenters. The van der Waals surface area contributed by atoms with E-state index in [2.05, 4.69) is 35.7 Å². The number of anilines is 2. The van der Waals surface area contributed by atoms with Gasteiger partial charge in [-0.05, 0) is 36.6 Å². The van der Waals surface area contributed by atoms with E-state index in [-0.39, 0.29) is 6.03 Å². The summed E-state index contributed by atoms with van der Waals surface area (Å²) in [7, 11) is 0. The van der Waals surface area contributed by atoms with Crippen molar-refractivity contribution in [2.24, 2.45) is 0 Å². The van der Waals surface area contributed by atoms with Gasteiger partial charge in [0.2, 0.25) is 5.13 Å². The molecule has 1 fully saturated rings. The van der Waals surface area contributed by atoms with Crippen molar-refractivity contribution in [2.75, 3.05) is 23.3 Å². The van der Waals surface area contributed by atoms with Gasteiger partial charge in [0.1, 0.15) is 11.5 Å². The second-order valence-electron chi connectivity index (χ2n) is 6.15. The topological polar surface area (TPSA) is 95.9 Å². The molecule has 9 heteroatoms. The first kappa shape index (κ1) is 17.3. The summed E-state index contributed by atoms with van der Waals surface area (Å²) in [6.45, 7) is 2.52. The third-order valence-corrected chi connectivity index (χ3v) is 5.08. The van der Waals surface area contributed by atoms with Gasteiger partial charge >= 0.3 is 6.03 Å². The maximum Gasteiger partial charge on any atom is 0.321 e. The zero-order chi connectivity index (χ0) is 18.5. The summed E-state index contributed by atoms with van der Waals surface area (Å²) in [5, 5.41) is 14.6. The van der Waals surface area contributed by atoms with Gasteiger partial charge in [0.15, 0.2) is 5.01 Å². The van der Waals surface area contributed by atoms with Gasteiger partial charge in [-0.2, -0.15) is 0 Å². The van der Waals surface area contributed by atoms with Gasteiger partial charge in [-0.3, -0.25) is 10.3 Å². The molecule has 1 aliphatic rings. The van der Waals surface area contributed by atoms with Gasteiger partial charge in [0.05, 0.1) is 0 Å². The Morgan fingerprint density at radius 3 is 2.74 bits per heavy atom. The minimum absolute atomic E-state index is 0.331. The van der Waals surface area contributed by atoms with Gasteiger partial charge in [-0.25, -0.2) is 9.78 Å². The minimum Gasteiger partial charge on any atom is -0.357 e. The summed E-state index contributed by atoms with van der Waals surface area (Å²) in [4.78, 5) is 23.1. The van der Waals surface area contributed by atoms with Crippen LogP contribution in [0.5, 0.6) is 0 Å². The average Bonchev–Trinajstić information content (AvgIpc) is 3.40. The van der Waals surface area contributed by atoms with E-state index in [1.54, 1.807) is 12.4 Å². The summed E-state index contributed by atoms with van der Waals surface area (Å²) in [5.74, 6) is 0.997. The van der Waals surface area contributed by atoms with Gasteiger partial charge < -0.3 is 10.2 Å². The van der Waals surface area contributed by atoms with Crippen LogP contribution in [-0.2, 0) is 6.54 Å². The molecule has 4 heterocycles. The van der Waals surface area contributed by atoms with Crippen molar-refractivity contribution in [1.29, 1.82) is 0 Å². The molecule has 0 bridgehead atoms. The van der Waals surface area contributed by atoms with Gasteiger partial charge in [0, 0.05) is 32.0 Å². The van der Waals surface area contributed by atoms with E-state index in [1.165, 1.54) is 24.2 Å². The zero-order valence-electron chi connectivity index (χ0n) is 14.6. The van der Waals surface area contributed by atoms with E-state index >= 15 is 0 Å². The van der Waals surface area contributed by atoms with Crippen LogP contribution in [0.1, 0.15) is 18.4 Å².